The highest BCUT2D eigenvalue weighted by Crippen LogP contribution is 2.37. The molecule has 2 heterocycles. The first-order chi connectivity index (χ1) is 11.9. The van der Waals surface area contributed by atoms with E-state index in [1.807, 2.05) is 0 Å². The van der Waals surface area contributed by atoms with Crippen molar-refractivity contribution in [2.75, 3.05) is 19.7 Å². The van der Waals surface area contributed by atoms with Gasteiger partial charge in [-0.05, 0) is 24.4 Å². The number of rotatable bonds is 5. The van der Waals surface area contributed by atoms with Crippen LogP contribution in [0, 0.1) is 0 Å². The van der Waals surface area contributed by atoms with Crippen LogP contribution in [-0.4, -0.2) is 71.0 Å². The van der Waals surface area contributed by atoms with Crippen molar-refractivity contribution in [1.82, 2.24) is 4.90 Å². The molecule has 0 saturated carbocycles. The van der Waals surface area contributed by atoms with Crippen molar-refractivity contribution in [1.29, 1.82) is 0 Å². The van der Waals surface area contributed by atoms with Gasteiger partial charge in [0.05, 0.1) is 19.7 Å². The SMILES string of the molecule is Cl.N[C@H](CO)C(=O)N1CC(Oc2ccc3c(c2C(=O)O)OB(O)CC3)C1. The molecule has 9 nitrogen and oxygen atoms in total. The van der Waals surface area contributed by atoms with Gasteiger partial charge in [-0.2, -0.15) is 0 Å². The van der Waals surface area contributed by atoms with Gasteiger partial charge in [-0.25, -0.2) is 4.79 Å². The van der Waals surface area contributed by atoms with Crippen LogP contribution in [0.2, 0.25) is 6.32 Å². The number of carboxylic acids is 1. The number of nitrogens with zero attached hydrogens (tertiary/aromatic N) is 1. The zero-order chi connectivity index (χ0) is 18.1. The van der Waals surface area contributed by atoms with Crippen LogP contribution in [0.3, 0.4) is 0 Å². The van der Waals surface area contributed by atoms with Crippen LogP contribution in [-0.2, 0) is 11.2 Å². The number of amides is 1. The van der Waals surface area contributed by atoms with Crippen molar-refractivity contribution in [3.63, 3.8) is 0 Å². The molecule has 0 aromatic heterocycles. The molecule has 142 valence electrons. The lowest BCUT2D eigenvalue weighted by Crippen LogP contribution is -2.60. The van der Waals surface area contributed by atoms with Crippen LogP contribution in [0.25, 0.3) is 0 Å². The number of hydrogen-bond donors (Lipinski definition) is 4. The molecule has 3 rings (SSSR count). The number of halogens is 1. The van der Waals surface area contributed by atoms with Gasteiger partial charge in [-0.1, -0.05) is 6.07 Å². The molecule has 2 aliphatic rings. The summed E-state index contributed by atoms with van der Waals surface area (Å²) in [4.78, 5) is 24.9. The Balaban J connectivity index is 0.00000243. The standard InChI is InChI=1S/C15H19BN2O7.ClH/c17-10(7-19)14(20)18-5-9(6-18)24-11-2-1-8-3-4-16(23)25-13(8)12(11)15(21)22;/h1-2,9-10,19,23H,3-7,17H2,(H,21,22);1H/t10-;/m1./s1. The number of aliphatic hydroxyl groups excluding tert-OH is 1. The molecule has 1 atom stereocenters. The molecule has 11 heteroatoms. The smallest absolute Gasteiger partial charge is 0.522 e. The van der Waals surface area contributed by atoms with E-state index in [1.54, 1.807) is 12.1 Å². The van der Waals surface area contributed by atoms with Gasteiger partial charge in [0, 0.05) is 0 Å². The van der Waals surface area contributed by atoms with E-state index < -0.39 is 25.7 Å². The first kappa shape index (κ1) is 20.3. The third-order valence-corrected chi connectivity index (χ3v) is 4.30. The van der Waals surface area contributed by atoms with Crippen molar-refractivity contribution in [2.24, 2.45) is 5.73 Å². The maximum Gasteiger partial charge on any atom is 0.522 e. The first-order valence-electron chi connectivity index (χ1n) is 7.96. The van der Waals surface area contributed by atoms with Gasteiger partial charge < -0.3 is 35.3 Å². The number of fused-ring (bicyclic) bond motifs is 1. The zero-order valence-corrected chi connectivity index (χ0v) is 14.6. The Kier molecular flexibility index (Phi) is 6.35. The largest absolute Gasteiger partial charge is 0.535 e. The van der Waals surface area contributed by atoms with E-state index in [2.05, 4.69) is 0 Å². The molecule has 2 aliphatic heterocycles. The number of carbonyl (C=O) groups excluding carboxylic acids is 1. The van der Waals surface area contributed by atoms with Crippen LogP contribution in [0.15, 0.2) is 12.1 Å². The Morgan fingerprint density at radius 3 is 2.73 bits per heavy atom. The Hall–Kier alpha value is -2.01. The number of nitrogens with two attached hydrogens (primary N) is 1. The molecular weight excluding hydrogens is 366 g/mol. The van der Waals surface area contributed by atoms with Gasteiger partial charge in [-0.3, -0.25) is 4.79 Å². The summed E-state index contributed by atoms with van der Waals surface area (Å²) in [6.07, 6.45) is 0.540. The molecule has 1 amide bonds. The molecular formula is C15H20BClN2O7. The second kappa shape index (κ2) is 8.13. The molecule has 0 aliphatic carbocycles. The summed E-state index contributed by atoms with van der Waals surface area (Å²) in [5, 5.41) is 28.0. The Labute approximate surface area is 156 Å². The average molecular weight is 387 g/mol. The van der Waals surface area contributed by atoms with Gasteiger partial charge in [-0.15, -0.1) is 12.4 Å². The van der Waals surface area contributed by atoms with Crippen molar-refractivity contribution in [3.05, 3.63) is 23.3 Å². The third-order valence-electron chi connectivity index (χ3n) is 4.30. The fraction of sp³-hybridized carbons (Fsp3) is 0.467. The highest BCUT2D eigenvalue weighted by Gasteiger charge is 2.36. The van der Waals surface area contributed by atoms with Crippen molar-refractivity contribution in [3.8, 4) is 11.5 Å². The van der Waals surface area contributed by atoms with Crippen LogP contribution in [0.5, 0.6) is 11.5 Å². The molecule has 0 spiro atoms. The van der Waals surface area contributed by atoms with Crippen LogP contribution in [0.1, 0.15) is 15.9 Å². The lowest BCUT2D eigenvalue weighted by atomic mass is 9.78. The van der Waals surface area contributed by atoms with Gasteiger partial charge in [0.1, 0.15) is 29.2 Å². The van der Waals surface area contributed by atoms with E-state index in [-0.39, 0.29) is 54.6 Å². The summed E-state index contributed by atoms with van der Waals surface area (Å²) >= 11 is 0. The molecule has 0 unspecified atom stereocenters. The lowest BCUT2D eigenvalue weighted by Gasteiger charge is -2.40. The van der Waals surface area contributed by atoms with E-state index in [4.69, 9.17) is 20.2 Å². The third kappa shape index (κ3) is 3.88. The number of hydrogen-bond acceptors (Lipinski definition) is 7. The number of carboxylic acid groups (broad SMARTS) is 1. The van der Waals surface area contributed by atoms with Gasteiger partial charge in [0.15, 0.2) is 0 Å². The molecule has 1 saturated heterocycles. The normalized spacial score (nSPS) is 17.3. The van der Waals surface area contributed by atoms with Crippen molar-refractivity contribution >= 4 is 31.4 Å². The van der Waals surface area contributed by atoms with Crippen molar-refractivity contribution in [2.45, 2.75) is 24.9 Å². The maximum absolute atomic E-state index is 11.8. The zero-order valence-electron chi connectivity index (χ0n) is 13.8. The summed E-state index contributed by atoms with van der Waals surface area (Å²) in [6.45, 7) is 0.0762. The second-order valence-corrected chi connectivity index (χ2v) is 6.12. The van der Waals surface area contributed by atoms with Gasteiger partial charge in [0.25, 0.3) is 0 Å². The predicted molar refractivity (Wildman–Crippen MR) is 93.8 cm³/mol. The Morgan fingerprint density at radius 2 is 2.12 bits per heavy atom. The summed E-state index contributed by atoms with van der Waals surface area (Å²) in [5.41, 5.74) is 6.05. The lowest BCUT2D eigenvalue weighted by molar-refractivity contribution is -0.142. The van der Waals surface area contributed by atoms with Gasteiger partial charge in [0.2, 0.25) is 5.91 Å². The number of aryl methyl sites for hydroxylation is 1. The van der Waals surface area contributed by atoms with E-state index in [0.29, 0.717) is 18.3 Å². The summed E-state index contributed by atoms with van der Waals surface area (Å²) < 4.78 is 11.0. The average Bonchev–Trinajstić information content (AvgIpc) is 2.55. The molecule has 1 aromatic carbocycles. The monoisotopic (exact) mass is 386 g/mol. The molecule has 1 aromatic rings. The number of aromatic carboxylic acids is 1. The number of aliphatic hydroxyl groups is 1. The molecule has 0 bridgehead atoms. The van der Waals surface area contributed by atoms with E-state index in [1.165, 1.54) is 4.90 Å². The summed E-state index contributed by atoms with van der Waals surface area (Å²) in [5.74, 6) is -1.34. The molecule has 0 radical (unpaired) electrons. The van der Waals surface area contributed by atoms with Crippen molar-refractivity contribution < 1.29 is 34.2 Å². The topological polar surface area (TPSA) is 143 Å². The Morgan fingerprint density at radius 1 is 1.42 bits per heavy atom. The highest BCUT2D eigenvalue weighted by atomic mass is 35.5. The summed E-state index contributed by atoms with van der Waals surface area (Å²) in [6, 6.07) is 2.31. The van der Waals surface area contributed by atoms with E-state index in [0.717, 1.165) is 0 Å². The summed E-state index contributed by atoms with van der Waals surface area (Å²) in [7, 11) is -1.04. The van der Waals surface area contributed by atoms with Crippen LogP contribution >= 0.6 is 12.4 Å². The van der Waals surface area contributed by atoms with Crippen LogP contribution in [0.4, 0.5) is 0 Å². The number of benzene rings is 1. The molecule has 26 heavy (non-hydrogen) atoms. The number of likely N-dealkylation sites (tertiary alicyclic amines) is 1. The first-order valence-corrected chi connectivity index (χ1v) is 7.96. The predicted octanol–water partition coefficient (Wildman–Crippen LogP) is -0.869. The molecule has 5 N–H and O–H groups in total. The van der Waals surface area contributed by atoms with Crippen LogP contribution < -0.4 is 15.1 Å². The minimum Gasteiger partial charge on any atom is -0.535 e. The number of carbonyl (C=O) groups is 2. The minimum atomic E-state index is -1.21. The minimum absolute atomic E-state index is 0. The fourth-order valence-corrected chi connectivity index (χ4v) is 2.90. The quantitative estimate of drug-likeness (QED) is 0.478. The maximum atomic E-state index is 11.8. The van der Waals surface area contributed by atoms with Gasteiger partial charge >= 0.3 is 13.1 Å². The highest BCUT2D eigenvalue weighted by molar-refractivity contribution is 6.44. The van der Waals surface area contributed by atoms with E-state index >= 15 is 0 Å². The Bertz CT molecular complexity index is 699. The second-order valence-electron chi connectivity index (χ2n) is 6.12. The van der Waals surface area contributed by atoms with E-state index in [9.17, 15) is 19.7 Å². The fourth-order valence-electron chi connectivity index (χ4n) is 2.90. The molecule has 1 fully saturated rings. The number of ether oxygens (including phenoxy) is 1.